The molecule has 1 amide bonds. The van der Waals surface area contributed by atoms with Crippen LogP contribution < -0.4 is 10.1 Å². The number of ether oxygens (including phenoxy) is 1. The van der Waals surface area contributed by atoms with Gasteiger partial charge >= 0.3 is 0 Å². The third-order valence-electron chi connectivity index (χ3n) is 4.01. The van der Waals surface area contributed by atoms with E-state index < -0.39 is 0 Å². The molecule has 1 aromatic rings. The van der Waals surface area contributed by atoms with Crippen LogP contribution in [0.5, 0.6) is 5.75 Å². The molecule has 3 heteroatoms. The van der Waals surface area contributed by atoms with Gasteiger partial charge in [-0.1, -0.05) is 45.2 Å². The molecule has 0 spiro atoms. The second kappa shape index (κ2) is 11.1. The zero-order valence-electron chi connectivity index (χ0n) is 14.4. The Bertz CT molecular complexity index is 414. The molecule has 0 radical (unpaired) electrons. The highest BCUT2D eigenvalue weighted by atomic mass is 16.5. The molecular weight excluding hydrogens is 274 g/mol. The number of amides is 1. The summed E-state index contributed by atoms with van der Waals surface area (Å²) in [6.07, 6.45) is 6.16. The minimum absolute atomic E-state index is 0.156. The van der Waals surface area contributed by atoms with E-state index in [0.717, 1.165) is 25.1 Å². The van der Waals surface area contributed by atoms with Gasteiger partial charge in [0.25, 0.3) is 0 Å². The zero-order valence-corrected chi connectivity index (χ0v) is 14.4. The summed E-state index contributed by atoms with van der Waals surface area (Å²) in [7, 11) is 0. The maximum atomic E-state index is 11.9. The molecule has 0 heterocycles. The van der Waals surface area contributed by atoms with Gasteiger partial charge in [-0.05, 0) is 43.4 Å². The highest BCUT2D eigenvalue weighted by Crippen LogP contribution is 2.14. The summed E-state index contributed by atoms with van der Waals surface area (Å²) in [5, 5.41) is 3.08. The van der Waals surface area contributed by atoms with Crippen LogP contribution in [0.25, 0.3) is 0 Å². The van der Waals surface area contributed by atoms with Crippen molar-refractivity contribution in [1.82, 2.24) is 5.32 Å². The van der Waals surface area contributed by atoms with Gasteiger partial charge in [0.05, 0.1) is 6.61 Å². The molecule has 0 aliphatic heterocycles. The van der Waals surface area contributed by atoms with E-state index in [4.69, 9.17) is 4.74 Å². The second-order valence-corrected chi connectivity index (χ2v) is 5.80. The molecule has 3 nitrogen and oxygen atoms in total. The Morgan fingerprint density at radius 2 is 1.91 bits per heavy atom. The first-order chi connectivity index (χ1) is 10.7. The Hall–Kier alpha value is -1.51. The maximum Gasteiger partial charge on any atom is 0.220 e. The molecule has 0 saturated carbocycles. The molecule has 1 aromatic carbocycles. The smallest absolute Gasteiger partial charge is 0.220 e. The van der Waals surface area contributed by atoms with E-state index in [-0.39, 0.29) is 5.91 Å². The average molecular weight is 305 g/mol. The number of unbranched alkanes of at least 4 members (excludes halogenated alkanes) is 1. The Kier molecular flexibility index (Phi) is 9.36. The molecule has 0 bridgehead atoms. The molecule has 0 aliphatic carbocycles. The van der Waals surface area contributed by atoms with Gasteiger partial charge in [0.1, 0.15) is 5.75 Å². The van der Waals surface area contributed by atoms with E-state index in [2.05, 4.69) is 19.2 Å². The highest BCUT2D eigenvalue weighted by molar-refractivity contribution is 5.76. The number of hydrogen-bond acceptors (Lipinski definition) is 2. The van der Waals surface area contributed by atoms with Gasteiger partial charge in [-0.3, -0.25) is 4.79 Å². The first kappa shape index (κ1) is 18.5. The molecule has 1 rings (SSSR count). The van der Waals surface area contributed by atoms with Crippen molar-refractivity contribution >= 4 is 5.91 Å². The number of carbonyl (C=O) groups excluding carboxylic acids is 1. The maximum absolute atomic E-state index is 11.9. The van der Waals surface area contributed by atoms with Gasteiger partial charge in [0.15, 0.2) is 0 Å². The molecule has 0 aliphatic rings. The Balaban J connectivity index is 2.27. The number of benzene rings is 1. The van der Waals surface area contributed by atoms with Crippen molar-refractivity contribution in [2.24, 2.45) is 5.92 Å². The first-order valence-electron chi connectivity index (χ1n) is 8.68. The predicted molar refractivity (Wildman–Crippen MR) is 92.2 cm³/mol. The normalized spacial score (nSPS) is 12.0. The number of carbonyl (C=O) groups is 1. The quantitative estimate of drug-likeness (QED) is 0.660. The van der Waals surface area contributed by atoms with Crippen LogP contribution in [-0.2, 0) is 11.2 Å². The number of rotatable bonds is 11. The Labute approximate surface area is 135 Å². The molecule has 22 heavy (non-hydrogen) atoms. The van der Waals surface area contributed by atoms with Gasteiger partial charge < -0.3 is 10.1 Å². The van der Waals surface area contributed by atoms with Gasteiger partial charge in [-0.25, -0.2) is 0 Å². The topological polar surface area (TPSA) is 38.3 Å². The van der Waals surface area contributed by atoms with Crippen molar-refractivity contribution < 1.29 is 9.53 Å². The summed E-state index contributed by atoms with van der Waals surface area (Å²) in [5.41, 5.74) is 1.18. The van der Waals surface area contributed by atoms with Crippen LogP contribution in [0, 0.1) is 5.92 Å². The van der Waals surface area contributed by atoms with Crippen LogP contribution >= 0.6 is 0 Å². The Morgan fingerprint density at radius 3 is 2.50 bits per heavy atom. The minimum Gasteiger partial charge on any atom is -0.494 e. The van der Waals surface area contributed by atoms with E-state index >= 15 is 0 Å². The Morgan fingerprint density at radius 1 is 1.18 bits per heavy atom. The largest absolute Gasteiger partial charge is 0.494 e. The van der Waals surface area contributed by atoms with Gasteiger partial charge in [0.2, 0.25) is 5.91 Å². The second-order valence-electron chi connectivity index (χ2n) is 5.80. The van der Waals surface area contributed by atoms with Crippen molar-refractivity contribution in [3.8, 4) is 5.75 Å². The van der Waals surface area contributed by atoms with Crippen molar-refractivity contribution in [3.63, 3.8) is 0 Å². The molecule has 0 fully saturated rings. The fraction of sp³-hybridized carbons (Fsp3) is 0.632. The fourth-order valence-corrected chi connectivity index (χ4v) is 2.47. The van der Waals surface area contributed by atoms with E-state index in [9.17, 15) is 4.79 Å². The van der Waals surface area contributed by atoms with Crippen molar-refractivity contribution in [2.45, 2.75) is 59.3 Å². The van der Waals surface area contributed by atoms with Crippen LogP contribution in [0.2, 0.25) is 0 Å². The summed E-state index contributed by atoms with van der Waals surface area (Å²) in [4.78, 5) is 11.9. The number of hydrogen-bond donors (Lipinski definition) is 1. The lowest BCUT2D eigenvalue weighted by Crippen LogP contribution is -2.29. The molecule has 0 saturated heterocycles. The van der Waals surface area contributed by atoms with E-state index in [1.165, 1.54) is 24.8 Å². The van der Waals surface area contributed by atoms with Crippen molar-refractivity contribution in [3.05, 3.63) is 29.8 Å². The van der Waals surface area contributed by atoms with E-state index in [1.807, 2.05) is 31.2 Å². The standard InChI is InChI=1S/C19H31NO2/c1-4-7-8-16(5-2)15-20-19(21)14-11-17-9-12-18(13-10-17)22-6-3/h9-10,12-13,16H,4-8,11,14-15H2,1-3H3,(H,20,21). The first-order valence-corrected chi connectivity index (χ1v) is 8.68. The summed E-state index contributed by atoms with van der Waals surface area (Å²) in [5.74, 6) is 1.66. The number of aryl methyl sites for hydroxylation is 1. The van der Waals surface area contributed by atoms with Crippen molar-refractivity contribution in [1.29, 1.82) is 0 Å². The van der Waals surface area contributed by atoms with Crippen LogP contribution in [0.15, 0.2) is 24.3 Å². The minimum atomic E-state index is 0.156. The van der Waals surface area contributed by atoms with E-state index in [1.54, 1.807) is 0 Å². The third kappa shape index (κ3) is 7.48. The monoisotopic (exact) mass is 305 g/mol. The van der Waals surface area contributed by atoms with Gasteiger partial charge in [0, 0.05) is 13.0 Å². The summed E-state index contributed by atoms with van der Waals surface area (Å²) in [6, 6.07) is 8.01. The summed E-state index contributed by atoms with van der Waals surface area (Å²) in [6.45, 7) is 7.88. The molecule has 1 atom stereocenters. The highest BCUT2D eigenvalue weighted by Gasteiger charge is 2.08. The fourth-order valence-electron chi connectivity index (χ4n) is 2.47. The lowest BCUT2D eigenvalue weighted by molar-refractivity contribution is -0.121. The number of nitrogens with one attached hydrogen (secondary N) is 1. The lowest BCUT2D eigenvalue weighted by Gasteiger charge is -2.15. The van der Waals surface area contributed by atoms with Crippen LogP contribution in [0.1, 0.15) is 58.4 Å². The summed E-state index contributed by atoms with van der Waals surface area (Å²) < 4.78 is 5.42. The zero-order chi connectivity index (χ0) is 16.2. The average Bonchev–Trinajstić information content (AvgIpc) is 2.54. The SMILES string of the molecule is CCCCC(CC)CNC(=O)CCc1ccc(OCC)cc1. The van der Waals surface area contributed by atoms with Crippen LogP contribution in [0.3, 0.4) is 0 Å². The third-order valence-corrected chi connectivity index (χ3v) is 4.01. The van der Waals surface area contributed by atoms with Crippen LogP contribution in [0.4, 0.5) is 0 Å². The van der Waals surface area contributed by atoms with Crippen LogP contribution in [-0.4, -0.2) is 19.1 Å². The predicted octanol–water partition coefficient (Wildman–Crippen LogP) is 4.35. The molecule has 124 valence electrons. The molecule has 1 N–H and O–H groups in total. The molecular formula is C19H31NO2. The molecule has 0 aromatic heterocycles. The molecule has 1 unspecified atom stereocenters. The van der Waals surface area contributed by atoms with Gasteiger partial charge in [-0.2, -0.15) is 0 Å². The van der Waals surface area contributed by atoms with Crippen molar-refractivity contribution in [2.75, 3.05) is 13.2 Å². The van der Waals surface area contributed by atoms with Gasteiger partial charge in [-0.15, -0.1) is 0 Å². The lowest BCUT2D eigenvalue weighted by atomic mass is 9.99. The van der Waals surface area contributed by atoms with E-state index in [0.29, 0.717) is 18.9 Å². The summed E-state index contributed by atoms with van der Waals surface area (Å²) >= 11 is 0.